The number of aromatic nitrogens is 2. The van der Waals surface area contributed by atoms with Crippen molar-refractivity contribution in [1.82, 2.24) is 9.78 Å². The Kier molecular flexibility index (Phi) is 3.04. The van der Waals surface area contributed by atoms with Gasteiger partial charge >= 0.3 is 5.97 Å². The number of hydrogen-bond acceptors (Lipinski definition) is 3. The molecule has 2 heterocycles. The van der Waals surface area contributed by atoms with E-state index in [1.54, 1.807) is 36.4 Å². The van der Waals surface area contributed by atoms with E-state index in [9.17, 15) is 4.79 Å². The molecule has 0 unspecified atom stereocenters. The summed E-state index contributed by atoms with van der Waals surface area (Å²) in [5, 5.41) is 13.7. The lowest BCUT2D eigenvalue weighted by atomic mass is 10.2. The Labute approximate surface area is 119 Å². The third kappa shape index (κ3) is 2.19. The number of furan rings is 1. The smallest absolute Gasteiger partial charge is 0.356 e. The Morgan fingerprint density at radius 2 is 2.10 bits per heavy atom. The van der Waals surface area contributed by atoms with Crippen LogP contribution in [0.3, 0.4) is 0 Å². The number of halogens is 1. The van der Waals surface area contributed by atoms with Crippen molar-refractivity contribution >= 4 is 17.6 Å². The van der Waals surface area contributed by atoms with E-state index in [0.29, 0.717) is 22.2 Å². The van der Waals surface area contributed by atoms with Crippen molar-refractivity contribution in [3.63, 3.8) is 0 Å². The highest BCUT2D eigenvalue weighted by Gasteiger charge is 2.17. The van der Waals surface area contributed by atoms with E-state index in [1.807, 2.05) is 0 Å². The minimum Gasteiger partial charge on any atom is -0.476 e. The summed E-state index contributed by atoms with van der Waals surface area (Å²) in [5.41, 5.74) is 1.16. The van der Waals surface area contributed by atoms with Gasteiger partial charge < -0.3 is 9.52 Å². The Balaban J connectivity index is 2.21. The van der Waals surface area contributed by atoms with Crippen molar-refractivity contribution in [2.45, 2.75) is 0 Å². The summed E-state index contributed by atoms with van der Waals surface area (Å²) in [5.74, 6) is -0.566. The second-order valence-corrected chi connectivity index (χ2v) is 4.53. The second kappa shape index (κ2) is 4.86. The van der Waals surface area contributed by atoms with Crippen LogP contribution in [0.2, 0.25) is 5.02 Å². The van der Waals surface area contributed by atoms with Crippen LogP contribution in [0, 0.1) is 0 Å². The number of hydrogen-bond donors (Lipinski definition) is 1. The highest BCUT2D eigenvalue weighted by atomic mass is 35.5. The lowest BCUT2D eigenvalue weighted by molar-refractivity contribution is 0.0690. The van der Waals surface area contributed by atoms with Crippen LogP contribution in [0.15, 0.2) is 53.1 Å². The minimum absolute atomic E-state index is 0.0589. The fourth-order valence-corrected chi connectivity index (χ4v) is 2.07. The molecule has 0 bridgehead atoms. The van der Waals surface area contributed by atoms with Crippen molar-refractivity contribution in [3.05, 3.63) is 59.4 Å². The zero-order valence-electron chi connectivity index (χ0n) is 10.2. The second-order valence-electron chi connectivity index (χ2n) is 4.09. The Morgan fingerprint density at radius 1 is 1.25 bits per heavy atom. The van der Waals surface area contributed by atoms with Gasteiger partial charge in [-0.3, -0.25) is 0 Å². The van der Waals surface area contributed by atoms with E-state index < -0.39 is 5.97 Å². The van der Waals surface area contributed by atoms with Gasteiger partial charge in [0.1, 0.15) is 5.69 Å². The molecule has 0 atom stereocenters. The number of nitrogens with zero attached hydrogens (tertiary/aromatic N) is 2. The van der Waals surface area contributed by atoms with E-state index in [2.05, 4.69) is 5.10 Å². The molecule has 5 nitrogen and oxygen atoms in total. The zero-order valence-corrected chi connectivity index (χ0v) is 10.9. The molecule has 3 rings (SSSR count). The van der Waals surface area contributed by atoms with Crippen LogP contribution in [0.5, 0.6) is 0 Å². The van der Waals surface area contributed by atoms with Crippen LogP contribution in [0.25, 0.3) is 17.1 Å². The molecule has 1 N–H and O–H groups in total. The van der Waals surface area contributed by atoms with Crippen LogP contribution < -0.4 is 0 Å². The first-order valence-corrected chi connectivity index (χ1v) is 6.16. The molecule has 100 valence electrons. The maximum Gasteiger partial charge on any atom is 0.356 e. The van der Waals surface area contributed by atoms with Gasteiger partial charge in [-0.1, -0.05) is 17.7 Å². The Hall–Kier alpha value is -2.53. The molecule has 0 radical (unpaired) electrons. The molecule has 20 heavy (non-hydrogen) atoms. The molecule has 3 aromatic rings. The van der Waals surface area contributed by atoms with Gasteiger partial charge in [0.05, 0.1) is 12.0 Å². The molecule has 0 saturated heterocycles. The molecule has 0 aliphatic carbocycles. The summed E-state index contributed by atoms with van der Waals surface area (Å²) in [7, 11) is 0. The third-order valence-corrected chi connectivity index (χ3v) is 2.99. The zero-order chi connectivity index (χ0) is 14.1. The predicted octanol–water partition coefficient (Wildman–Crippen LogP) is 3.48. The molecular formula is C14H9ClN2O3. The summed E-state index contributed by atoms with van der Waals surface area (Å²) in [6, 6.07) is 11.9. The minimum atomic E-state index is -1.10. The lowest BCUT2D eigenvalue weighted by Crippen LogP contribution is -2.02. The fourth-order valence-electron chi connectivity index (χ4n) is 1.89. The van der Waals surface area contributed by atoms with Crippen molar-refractivity contribution < 1.29 is 14.3 Å². The molecular weight excluding hydrogens is 280 g/mol. The first-order valence-electron chi connectivity index (χ1n) is 5.78. The summed E-state index contributed by atoms with van der Waals surface area (Å²) >= 11 is 5.96. The summed E-state index contributed by atoms with van der Waals surface area (Å²) in [4.78, 5) is 11.1. The highest BCUT2D eigenvalue weighted by Crippen LogP contribution is 2.25. The number of aromatic carboxylic acids is 1. The van der Waals surface area contributed by atoms with Crippen LogP contribution in [-0.2, 0) is 0 Å². The summed E-state index contributed by atoms with van der Waals surface area (Å²) < 4.78 is 6.81. The molecule has 2 aromatic heterocycles. The van der Waals surface area contributed by atoms with Crippen molar-refractivity contribution in [3.8, 4) is 17.1 Å². The third-order valence-electron chi connectivity index (χ3n) is 2.75. The number of carboxylic acid groups (broad SMARTS) is 1. The average molecular weight is 289 g/mol. The van der Waals surface area contributed by atoms with Gasteiger partial charge in [-0.2, -0.15) is 5.10 Å². The Morgan fingerprint density at radius 3 is 2.75 bits per heavy atom. The fraction of sp³-hybridized carbons (Fsp3) is 0. The van der Waals surface area contributed by atoms with Crippen LogP contribution in [-0.4, -0.2) is 20.9 Å². The van der Waals surface area contributed by atoms with Gasteiger partial charge in [0.15, 0.2) is 11.5 Å². The summed E-state index contributed by atoms with van der Waals surface area (Å²) in [6.07, 6.45) is 1.52. The topological polar surface area (TPSA) is 68.3 Å². The molecule has 0 aliphatic rings. The quantitative estimate of drug-likeness (QED) is 0.801. The van der Waals surface area contributed by atoms with Gasteiger partial charge in [-0.05, 0) is 30.3 Å². The van der Waals surface area contributed by atoms with E-state index in [1.165, 1.54) is 17.0 Å². The van der Waals surface area contributed by atoms with E-state index >= 15 is 0 Å². The Bertz CT molecular complexity index is 763. The molecule has 0 aliphatic heterocycles. The largest absolute Gasteiger partial charge is 0.476 e. The molecule has 0 amide bonds. The maximum atomic E-state index is 11.1. The van der Waals surface area contributed by atoms with E-state index in [-0.39, 0.29) is 5.69 Å². The highest BCUT2D eigenvalue weighted by molar-refractivity contribution is 6.30. The summed E-state index contributed by atoms with van der Waals surface area (Å²) in [6.45, 7) is 0. The van der Waals surface area contributed by atoms with Gasteiger partial charge in [0.2, 0.25) is 0 Å². The number of rotatable bonds is 3. The molecule has 1 aromatic carbocycles. The van der Waals surface area contributed by atoms with Crippen LogP contribution >= 0.6 is 11.6 Å². The SMILES string of the molecule is O=C(O)c1cc(-c2ccco2)n(-c2cccc(Cl)c2)n1. The van der Waals surface area contributed by atoms with E-state index in [4.69, 9.17) is 21.1 Å². The van der Waals surface area contributed by atoms with Crippen molar-refractivity contribution in [2.24, 2.45) is 0 Å². The molecule has 0 spiro atoms. The number of benzene rings is 1. The molecule has 0 saturated carbocycles. The monoisotopic (exact) mass is 288 g/mol. The molecule has 0 fully saturated rings. The van der Waals surface area contributed by atoms with Crippen LogP contribution in [0.4, 0.5) is 0 Å². The van der Waals surface area contributed by atoms with Crippen molar-refractivity contribution in [2.75, 3.05) is 0 Å². The number of carbonyl (C=O) groups is 1. The number of carboxylic acids is 1. The van der Waals surface area contributed by atoms with Crippen molar-refractivity contribution in [1.29, 1.82) is 0 Å². The lowest BCUT2D eigenvalue weighted by Gasteiger charge is -2.05. The van der Waals surface area contributed by atoms with Crippen LogP contribution in [0.1, 0.15) is 10.5 Å². The van der Waals surface area contributed by atoms with Gasteiger partial charge in [0, 0.05) is 11.1 Å². The first kappa shape index (κ1) is 12.5. The first-order chi connectivity index (χ1) is 9.65. The van der Waals surface area contributed by atoms with E-state index in [0.717, 1.165) is 0 Å². The standard InChI is InChI=1S/C14H9ClN2O3/c15-9-3-1-4-10(7-9)17-12(13-5-2-6-20-13)8-11(16-17)14(18)19/h1-8H,(H,18,19). The maximum absolute atomic E-state index is 11.1. The predicted molar refractivity (Wildman–Crippen MR) is 73.2 cm³/mol. The molecule has 6 heteroatoms. The van der Waals surface area contributed by atoms with Gasteiger partial charge in [-0.15, -0.1) is 0 Å². The normalized spacial score (nSPS) is 10.7. The van der Waals surface area contributed by atoms with Gasteiger partial charge in [0.25, 0.3) is 0 Å². The average Bonchev–Trinajstić information content (AvgIpc) is 3.07. The van der Waals surface area contributed by atoms with Gasteiger partial charge in [-0.25, -0.2) is 9.48 Å².